The van der Waals surface area contributed by atoms with Crippen LogP contribution in [0.3, 0.4) is 0 Å². The molecular formula is C9H10F2N2O3. The lowest BCUT2D eigenvalue weighted by atomic mass is 10.3. The topological polar surface area (TPSA) is 82.2 Å². The van der Waals surface area contributed by atoms with E-state index < -0.39 is 30.5 Å². The molecule has 0 bridgehead atoms. The van der Waals surface area contributed by atoms with E-state index >= 15 is 0 Å². The number of pyridine rings is 1. The van der Waals surface area contributed by atoms with Crippen molar-refractivity contribution in [2.75, 3.05) is 13.2 Å². The van der Waals surface area contributed by atoms with Gasteiger partial charge in [-0.15, -0.1) is 0 Å². The smallest absolute Gasteiger partial charge is 0.287 e. The molecule has 1 aromatic heterocycles. The van der Waals surface area contributed by atoms with Gasteiger partial charge in [-0.25, -0.2) is 8.78 Å². The Kier molecular flexibility index (Phi) is 3.73. The first-order chi connectivity index (χ1) is 7.44. The molecule has 16 heavy (non-hydrogen) atoms. The van der Waals surface area contributed by atoms with Crippen molar-refractivity contribution < 1.29 is 18.7 Å². The first-order valence-corrected chi connectivity index (χ1v) is 4.41. The highest BCUT2D eigenvalue weighted by Crippen LogP contribution is 2.09. The van der Waals surface area contributed by atoms with Gasteiger partial charge in [-0.1, -0.05) is 6.07 Å². The van der Waals surface area contributed by atoms with E-state index in [0.717, 1.165) is 0 Å². The average molecular weight is 232 g/mol. The van der Waals surface area contributed by atoms with E-state index in [1.54, 1.807) is 0 Å². The highest BCUT2D eigenvalue weighted by molar-refractivity contribution is 5.92. The van der Waals surface area contributed by atoms with E-state index in [0.29, 0.717) is 0 Å². The highest BCUT2D eigenvalue weighted by Gasteiger charge is 2.28. The number of aromatic amines is 1. The maximum absolute atomic E-state index is 12.6. The molecule has 1 aromatic rings. The molecule has 0 unspecified atom stereocenters. The van der Waals surface area contributed by atoms with Crippen molar-refractivity contribution in [2.45, 2.75) is 5.92 Å². The highest BCUT2D eigenvalue weighted by atomic mass is 19.3. The largest absolute Gasteiger partial charge is 0.390 e. The van der Waals surface area contributed by atoms with Gasteiger partial charge in [-0.3, -0.25) is 9.59 Å². The number of halogens is 2. The Morgan fingerprint density at radius 1 is 1.50 bits per heavy atom. The molecule has 0 aliphatic heterocycles. The normalized spacial score (nSPS) is 11.2. The Morgan fingerprint density at radius 2 is 2.19 bits per heavy atom. The molecule has 0 aromatic carbocycles. The molecule has 1 heterocycles. The summed E-state index contributed by atoms with van der Waals surface area (Å²) in [7, 11) is 0. The average Bonchev–Trinajstić information content (AvgIpc) is 2.26. The van der Waals surface area contributed by atoms with Crippen LogP contribution in [0.4, 0.5) is 8.78 Å². The van der Waals surface area contributed by atoms with Crippen molar-refractivity contribution in [1.29, 1.82) is 0 Å². The van der Waals surface area contributed by atoms with E-state index in [1.807, 2.05) is 5.32 Å². The van der Waals surface area contributed by atoms with Gasteiger partial charge in [0.15, 0.2) is 0 Å². The van der Waals surface area contributed by atoms with Gasteiger partial charge >= 0.3 is 0 Å². The van der Waals surface area contributed by atoms with Crippen LogP contribution in [0.5, 0.6) is 0 Å². The van der Waals surface area contributed by atoms with Crippen molar-refractivity contribution in [3.05, 3.63) is 34.2 Å². The summed E-state index contributed by atoms with van der Waals surface area (Å²) in [5, 5.41) is 10.2. The minimum Gasteiger partial charge on any atom is -0.390 e. The molecule has 0 saturated heterocycles. The molecule has 0 radical (unpaired) electrons. The zero-order chi connectivity index (χ0) is 12.2. The van der Waals surface area contributed by atoms with Crippen LogP contribution in [0.15, 0.2) is 23.0 Å². The Labute approximate surface area is 89.1 Å². The number of rotatable bonds is 4. The van der Waals surface area contributed by atoms with Gasteiger partial charge < -0.3 is 15.4 Å². The number of aliphatic hydroxyl groups is 1. The van der Waals surface area contributed by atoms with Crippen molar-refractivity contribution in [3.63, 3.8) is 0 Å². The second-order valence-corrected chi connectivity index (χ2v) is 3.13. The molecule has 1 amide bonds. The standard InChI is InChI=1S/C9H10F2N2O3/c10-9(11,5-14)4-12-8(16)6-2-1-3-7(15)13-6/h1-3,14H,4-5H2,(H,12,16)(H,13,15). The van der Waals surface area contributed by atoms with Gasteiger partial charge in [-0.05, 0) is 6.07 Å². The third-order valence-electron chi connectivity index (χ3n) is 1.75. The Bertz CT molecular complexity index is 431. The first-order valence-electron chi connectivity index (χ1n) is 4.41. The summed E-state index contributed by atoms with van der Waals surface area (Å²) in [5.41, 5.74) is -0.609. The fraction of sp³-hybridized carbons (Fsp3) is 0.333. The van der Waals surface area contributed by atoms with Gasteiger partial charge in [0.1, 0.15) is 12.3 Å². The molecule has 0 saturated carbocycles. The lowest BCUT2D eigenvalue weighted by Crippen LogP contribution is -2.39. The van der Waals surface area contributed by atoms with E-state index in [-0.39, 0.29) is 5.69 Å². The number of alkyl halides is 2. The number of nitrogens with one attached hydrogen (secondary N) is 2. The monoisotopic (exact) mass is 232 g/mol. The Balaban J connectivity index is 2.63. The number of H-pyrrole nitrogens is 1. The van der Waals surface area contributed by atoms with Gasteiger partial charge in [0.2, 0.25) is 5.56 Å². The second-order valence-electron chi connectivity index (χ2n) is 3.13. The predicted octanol–water partition coefficient (Wildman–Crippen LogP) is -0.268. The first kappa shape index (κ1) is 12.3. The maximum Gasteiger partial charge on any atom is 0.287 e. The summed E-state index contributed by atoms with van der Waals surface area (Å²) in [6.45, 7) is -2.34. The number of hydrogen-bond donors (Lipinski definition) is 3. The van der Waals surface area contributed by atoms with E-state index in [4.69, 9.17) is 5.11 Å². The summed E-state index contributed by atoms with van der Waals surface area (Å²) in [5.74, 6) is -4.20. The maximum atomic E-state index is 12.6. The fourth-order valence-corrected chi connectivity index (χ4v) is 0.941. The van der Waals surface area contributed by atoms with Crippen LogP contribution in [-0.4, -0.2) is 35.1 Å². The van der Waals surface area contributed by atoms with Crippen LogP contribution in [0.1, 0.15) is 10.5 Å². The molecule has 1 rings (SSSR count). The third kappa shape index (κ3) is 3.43. The second kappa shape index (κ2) is 4.84. The number of carbonyl (C=O) groups is 1. The van der Waals surface area contributed by atoms with Gasteiger partial charge in [-0.2, -0.15) is 0 Å². The van der Waals surface area contributed by atoms with Crippen molar-refractivity contribution in [2.24, 2.45) is 0 Å². The zero-order valence-electron chi connectivity index (χ0n) is 8.17. The molecule has 5 nitrogen and oxygen atoms in total. The molecule has 0 aliphatic rings. The molecule has 0 fully saturated rings. The number of aliphatic hydroxyl groups excluding tert-OH is 1. The predicted molar refractivity (Wildman–Crippen MR) is 51.4 cm³/mol. The van der Waals surface area contributed by atoms with Gasteiger partial charge in [0.05, 0.1) is 6.54 Å². The molecule has 0 aliphatic carbocycles. The Morgan fingerprint density at radius 3 is 2.75 bits per heavy atom. The van der Waals surface area contributed by atoms with E-state index in [1.165, 1.54) is 18.2 Å². The third-order valence-corrected chi connectivity index (χ3v) is 1.75. The van der Waals surface area contributed by atoms with Crippen molar-refractivity contribution in [3.8, 4) is 0 Å². The number of carbonyl (C=O) groups excluding carboxylic acids is 1. The number of aromatic nitrogens is 1. The molecule has 7 heteroatoms. The number of amides is 1. The summed E-state index contributed by atoms with van der Waals surface area (Å²) in [6, 6.07) is 3.81. The van der Waals surface area contributed by atoms with Crippen molar-refractivity contribution in [1.82, 2.24) is 10.3 Å². The Hall–Kier alpha value is -1.76. The van der Waals surface area contributed by atoms with Crippen LogP contribution in [0, 0.1) is 0 Å². The van der Waals surface area contributed by atoms with Crippen LogP contribution < -0.4 is 10.9 Å². The lowest BCUT2D eigenvalue weighted by Gasteiger charge is -2.13. The van der Waals surface area contributed by atoms with Gasteiger partial charge in [0.25, 0.3) is 11.8 Å². The molecule has 3 N–H and O–H groups in total. The summed E-state index contributed by atoms with van der Waals surface area (Å²) >= 11 is 0. The lowest BCUT2D eigenvalue weighted by molar-refractivity contribution is -0.0462. The minimum atomic E-state index is -3.37. The fourth-order valence-electron chi connectivity index (χ4n) is 0.941. The van der Waals surface area contributed by atoms with E-state index in [9.17, 15) is 18.4 Å². The quantitative estimate of drug-likeness (QED) is 0.668. The van der Waals surface area contributed by atoms with E-state index in [2.05, 4.69) is 4.98 Å². The SMILES string of the molecule is O=C(NCC(F)(F)CO)c1cccc(=O)[nH]1. The molecule has 88 valence electrons. The van der Waals surface area contributed by atoms with Crippen LogP contribution >= 0.6 is 0 Å². The van der Waals surface area contributed by atoms with Crippen molar-refractivity contribution >= 4 is 5.91 Å². The zero-order valence-corrected chi connectivity index (χ0v) is 8.17. The van der Waals surface area contributed by atoms with Crippen LogP contribution in [0.25, 0.3) is 0 Å². The summed E-state index contributed by atoms with van der Waals surface area (Å²) < 4.78 is 25.1. The molecular weight excluding hydrogens is 222 g/mol. The minimum absolute atomic E-state index is 0.110. The van der Waals surface area contributed by atoms with Gasteiger partial charge in [0, 0.05) is 6.07 Å². The van der Waals surface area contributed by atoms with Crippen LogP contribution in [0.2, 0.25) is 0 Å². The summed E-state index contributed by atoms with van der Waals surface area (Å²) in [6.07, 6.45) is 0. The molecule has 0 atom stereocenters. The number of hydrogen-bond acceptors (Lipinski definition) is 3. The van der Waals surface area contributed by atoms with Crippen LogP contribution in [-0.2, 0) is 0 Å². The molecule has 0 spiro atoms. The summed E-state index contributed by atoms with van der Waals surface area (Å²) in [4.78, 5) is 24.3.